The number of piperidine rings is 1. The molecular formula is C15H27N3O2Si. The van der Waals surface area contributed by atoms with Crippen molar-refractivity contribution in [3.05, 3.63) is 12.4 Å². The highest BCUT2D eigenvalue weighted by Gasteiger charge is 2.39. The molecule has 1 saturated heterocycles. The largest absolute Gasteiger partial charge is 0.415 e. The minimum atomic E-state index is -1.79. The van der Waals surface area contributed by atoms with Gasteiger partial charge in [-0.05, 0) is 31.0 Å². The molecule has 1 fully saturated rings. The Hall–Kier alpha value is -1.14. The quantitative estimate of drug-likeness (QED) is 0.868. The highest BCUT2D eigenvalue weighted by Crippen LogP contribution is 2.37. The van der Waals surface area contributed by atoms with Crippen molar-refractivity contribution in [1.29, 1.82) is 0 Å². The van der Waals surface area contributed by atoms with E-state index >= 15 is 0 Å². The van der Waals surface area contributed by atoms with E-state index < -0.39 is 8.32 Å². The molecule has 6 heteroatoms. The lowest BCUT2D eigenvalue weighted by Crippen LogP contribution is -2.50. The maximum atomic E-state index is 12.2. The molecule has 1 amide bonds. The zero-order chi connectivity index (χ0) is 15.7. The lowest BCUT2D eigenvalue weighted by Gasteiger charge is -2.40. The van der Waals surface area contributed by atoms with E-state index in [-0.39, 0.29) is 17.0 Å². The van der Waals surface area contributed by atoms with E-state index in [0.29, 0.717) is 19.0 Å². The number of hydrogen-bond acceptors (Lipinski definition) is 3. The number of nitrogens with zero attached hydrogens (tertiary/aromatic N) is 2. The van der Waals surface area contributed by atoms with Gasteiger partial charge in [0.05, 0.1) is 12.6 Å². The van der Waals surface area contributed by atoms with E-state index in [1.165, 1.54) is 0 Å². The van der Waals surface area contributed by atoms with Crippen LogP contribution >= 0.6 is 0 Å². The Morgan fingerprint density at radius 1 is 1.48 bits per heavy atom. The van der Waals surface area contributed by atoms with Crippen molar-refractivity contribution in [2.24, 2.45) is 0 Å². The van der Waals surface area contributed by atoms with Gasteiger partial charge < -0.3 is 9.41 Å². The van der Waals surface area contributed by atoms with Crippen LogP contribution in [-0.4, -0.2) is 36.8 Å². The number of rotatable bonds is 4. The minimum absolute atomic E-state index is 0.0894. The van der Waals surface area contributed by atoms with E-state index in [2.05, 4.69) is 43.8 Å². The van der Waals surface area contributed by atoms with Gasteiger partial charge in [-0.25, -0.2) is 4.98 Å². The maximum absolute atomic E-state index is 12.2. The second kappa shape index (κ2) is 5.92. The van der Waals surface area contributed by atoms with Crippen LogP contribution in [0.2, 0.25) is 18.1 Å². The molecule has 2 rings (SSSR count). The van der Waals surface area contributed by atoms with Crippen molar-refractivity contribution in [1.82, 2.24) is 9.97 Å². The number of carbonyl (C=O) groups is 1. The Labute approximate surface area is 128 Å². The third-order valence-corrected chi connectivity index (χ3v) is 9.22. The summed E-state index contributed by atoms with van der Waals surface area (Å²) in [7, 11) is -1.79. The molecule has 0 aromatic carbocycles. The van der Waals surface area contributed by atoms with E-state index in [0.717, 1.165) is 12.8 Å². The maximum Gasteiger partial charge on any atom is 0.229 e. The zero-order valence-electron chi connectivity index (χ0n) is 13.8. The minimum Gasteiger partial charge on any atom is -0.415 e. The van der Waals surface area contributed by atoms with E-state index in [1.54, 1.807) is 17.3 Å². The normalized spacial score (nSPS) is 20.9. The summed E-state index contributed by atoms with van der Waals surface area (Å²) in [6.45, 7) is 11.8. The Bertz CT molecular complexity index is 480. The van der Waals surface area contributed by atoms with E-state index in [1.807, 2.05) is 0 Å². The molecule has 1 N–H and O–H groups in total. The number of anilines is 1. The molecule has 2 heterocycles. The van der Waals surface area contributed by atoms with Crippen molar-refractivity contribution < 1.29 is 9.22 Å². The summed E-state index contributed by atoms with van der Waals surface area (Å²) in [5.41, 5.74) is 0. The molecule has 21 heavy (non-hydrogen) atoms. The molecular weight excluding hydrogens is 282 g/mol. The summed E-state index contributed by atoms with van der Waals surface area (Å²) in [4.78, 5) is 21.3. The molecule has 1 unspecified atom stereocenters. The van der Waals surface area contributed by atoms with Crippen molar-refractivity contribution in [3.8, 4) is 0 Å². The van der Waals surface area contributed by atoms with Crippen LogP contribution < -0.4 is 4.90 Å². The molecule has 1 aliphatic rings. The number of imidazole rings is 1. The fourth-order valence-corrected chi connectivity index (χ4v) is 3.34. The third kappa shape index (κ3) is 3.55. The second-order valence-corrected chi connectivity index (χ2v) is 12.1. The molecule has 0 radical (unpaired) electrons. The molecule has 1 aliphatic heterocycles. The van der Waals surface area contributed by atoms with Gasteiger partial charge in [-0.15, -0.1) is 0 Å². The Morgan fingerprint density at radius 2 is 2.19 bits per heavy atom. The number of amides is 1. The van der Waals surface area contributed by atoms with Crippen LogP contribution in [0, 0.1) is 0 Å². The first-order chi connectivity index (χ1) is 9.72. The number of aromatic amines is 1. The van der Waals surface area contributed by atoms with Crippen molar-refractivity contribution >= 4 is 20.2 Å². The lowest BCUT2D eigenvalue weighted by molar-refractivity contribution is -0.120. The van der Waals surface area contributed by atoms with E-state index in [9.17, 15) is 4.79 Å². The van der Waals surface area contributed by atoms with Gasteiger partial charge in [-0.3, -0.25) is 9.69 Å². The summed E-state index contributed by atoms with van der Waals surface area (Å²) in [6, 6.07) is 0.0894. The molecule has 0 saturated carbocycles. The predicted octanol–water partition coefficient (Wildman–Crippen LogP) is 3.32. The van der Waals surface area contributed by atoms with Crippen molar-refractivity contribution in [3.63, 3.8) is 0 Å². The lowest BCUT2D eigenvalue weighted by atomic mass is 10.0. The first-order valence-corrected chi connectivity index (χ1v) is 10.6. The number of H-pyrrole nitrogens is 1. The summed E-state index contributed by atoms with van der Waals surface area (Å²) < 4.78 is 6.31. The Kier molecular flexibility index (Phi) is 4.58. The van der Waals surface area contributed by atoms with Crippen LogP contribution in [0.25, 0.3) is 0 Å². The van der Waals surface area contributed by atoms with Crippen molar-refractivity contribution in [2.45, 2.75) is 64.2 Å². The number of carbonyl (C=O) groups excluding carboxylic acids is 1. The number of hydrogen-bond donors (Lipinski definition) is 1. The van der Waals surface area contributed by atoms with Gasteiger partial charge in [0.15, 0.2) is 8.32 Å². The molecule has 0 bridgehead atoms. The van der Waals surface area contributed by atoms with Crippen LogP contribution in [0.3, 0.4) is 0 Å². The van der Waals surface area contributed by atoms with Gasteiger partial charge in [0.2, 0.25) is 11.9 Å². The van der Waals surface area contributed by atoms with Crippen LogP contribution in [0.15, 0.2) is 12.4 Å². The van der Waals surface area contributed by atoms with E-state index in [4.69, 9.17) is 4.43 Å². The van der Waals surface area contributed by atoms with Gasteiger partial charge >= 0.3 is 0 Å². The predicted molar refractivity (Wildman–Crippen MR) is 86.9 cm³/mol. The van der Waals surface area contributed by atoms with Gasteiger partial charge in [-0.1, -0.05) is 20.8 Å². The summed E-state index contributed by atoms with van der Waals surface area (Å²) in [5, 5.41) is 0.182. The monoisotopic (exact) mass is 309 g/mol. The van der Waals surface area contributed by atoms with Gasteiger partial charge in [0.1, 0.15) is 0 Å². The standard InChI is InChI=1S/C15H27N3O2Si/c1-15(2,3)21(4,5)20-11-12-7-6-8-13(19)18(12)14-16-9-10-17-14/h9-10,12H,6-8,11H2,1-5H3,(H,16,17). The van der Waals surface area contributed by atoms with Crippen molar-refractivity contribution in [2.75, 3.05) is 11.5 Å². The fourth-order valence-electron chi connectivity index (χ4n) is 2.30. The second-order valence-electron chi connectivity index (χ2n) is 7.29. The molecule has 1 atom stereocenters. The zero-order valence-corrected chi connectivity index (χ0v) is 14.8. The van der Waals surface area contributed by atoms with Gasteiger partial charge in [-0.2, -0.15) is 0 Å². The first kappa shape index (κ1) is 16.2. The average molecular weight is 309 g/mol. The highest BCUT2D eigenvalue weighted by atomic mass is 28.4. The number of nitrogens with one attached hydrogen (secondary N) is 1. The average Bonchev–Trinajstić information content (AvgIpc) is 2.88. The summed E-state index contributed by atoms with van der Waals surface area (Å²) >= 11 is 0. The molecule has 118 valence electrons. The molecule has 0 aliphatic carbocycles. The summed E-state index contributed by atoms with van der Waals surface area (Å²) in [6.07, 6.45) is 5.94. The van der Waals surface area contributed by atoms with Gasteiger partial charge in [0.25, 0.3) is 0 Å². The Balaban J connectivity index is 2.09. The number of aromatic nitrogens is 2. The van der Waals surface area contributed by atoms with Crippen LogP contribution in [0.5, 0.6) is 0 Å². The Morgan fingerprint density at radius 3 is 2.76 bits per heavy atom. The topological polar surface area (TPSA) is 58.2 Å². The highest BCUT2D eigenvalue weighted by molar-refractivity contribution is 6.74. The SMILES string of the molecule is CC(C)(C)[Si](C)(C)OCC1CCCC(=O)N1c1ncc[nH]1. The molecule has 0 spiro atoms. The molecule has 1 aromatic heterocycles. The summed E-state index contributed by atoms with van der Waals surface area (Å²) in [5.74, 6) is 0.781. The van der Waals surface area contributed by atoms with Crippen LogP contribution in [-0.2, 0) is 9.22 Å². The molecule has 5 nitrogen and oxygen atoms in total. The smallest absolute Gasteiger partial charge is 0.229 e. The fraction of sp³-hybridized carbons (Fsp3) is 0.733. The molecule has 1 aromatic rings. The van der Waals surface area contributed by atoms with Crippen LogP contribution in [0.4, 0.5) is 5.95 Å². The van der Waals surface area contributed by atoms with Gasteiger partial charge in [0, 0.05) is 18.8 Å². The van der Waals surface area contributed by atoms with Crippen LogP contribution in [0.1, 0.15) is 40.0 Å². The first-order valence-electron chi connectivity index (χ1n) is 7.68. The third-order valence-electron chi connectivity index (χ3n) is 4.72.